The Kier molecular flexibility index (Phi) is 3.03. The van der Waals surface area contributed by atoms with E-state index in [0.717, 1.165) is 36.6 Å². The Balaban J connectivity index is 2.59. The molecule has 0 saturated carbocycles. The Morgan fingerprint density at radius 3 is 2.81 bits per heavy atom. The van der Waals surface area contributed by atoms with Gasteiger partial charge in [0.15, 0.2) is 0 Å². The Labute approximate surface area is 97.7 Å². The first-order chi connectivity index (χ1) is 7.65. The number of hydrogen-bond acceptors (Lipinski definition) is 3. The van der Waals surface area contributed by atoms with Gasteiger partial charge in [-0.1, -0.05) is 6.92 Å². The molecular formula is C13H21N3. The molecular weight excluding hydrogens is 198 g/mol. The molecule has 3 nitrogen and oxygen atoms in total. The highest BCUT2D eigenvalue weighted by Crippen LogP contribution is 2.31. The number of aromatic nitrogens is 1. The highest BCUT2D eigenvalue weighted by atomic mass is 15.2. The second kappa shape index (κ2) is 4.32. The largest absolute Gasteiger partial charge is 0.398 e. The van der Waals surface area contributed by atoms with Crippen molar-refractivity contribution in [2.75, 3.05) is 24.2 Å². The van der Waals surface area contributed by atoms with Crippen molar-refractivity contribution in [1.82, 2.24) is 4.98 Å². The van der Waals surface area contributed by atoms with Crippen molar-refractivity contribution >= 4 is 11.5 Å². The Morgan fingerprint density at radius 1 is 1.38 bits per heavy atom. The molecule has 2 N–H and O–H groups in total. The highest BCUT2D eigenvalue weighted by Gasteiger charge is 2.19. The number of pyridine rings is 1. The molecule has 3 heteroatoms. The zero-order chi connectivity index (χ0) is 11.7. The van der Waals surface area contributed by atoms with Crippen LogP contribution in [0.1, 0.15) is 36.6 Å². The van der Waals surface area contributed by atoms with E-state index in [1.165, 1.54) is 24.0 Å². The summed E-state index contributed by atoms with van der Waals surface area (Å²) in [6, 6.07) is 0. The van der Waals surface area contributed by atoms with Gasteiger partial charge in [-0.05, 0) is 38.2 Å². The van der Waals surface area contributed by atoms with Gasteiger partial charge in [-0.15, -0.1) is 0 Å². The maximum Gasteiger partial charge on any atom is 0.133 e. The van der Waals surface area contributed by atoms with Crippen LogP contribution in [0.15, 0.2) is 0 Å². The highest BCUT2D eigenvalue weighted by molar-refractivity contribution is 5.66. The van der Waals surface area contributed by atoms with Gasteiger partial charge in [-0.3, -0.25) is 0 Å². The molecule has 0 aliphatic carbocycles. The lowest BCUT2D eigenvalue weighted by atomic mass is 10.0. The molecule has 1 aliphatic rings. The smallest absolute Gasteiger partial charge is 0.133 e. The molecule has 16 heavy (non-hydrogen) atoms. The lowest BCUT2D eigenvalue weighted by Crippen LogP contribution is -2.20. The van der Waals surface area contributed by atoms with Crippen LogP contribution in [0.3, 0.4) is 0 Å². The van der Waals surface area contributed by atoms with Crippen LogP contribution in [-0.4, -0.2) is 18.6 Å². The monoisotopic (exact) mass is 219 g/mol. The van der Waals surface area contributed by atoms with Crippen LogP contribution in [0.25, 0.3) is 0 Å². The summed E-state index contributed by atoms with van der Waals surface area (Å²) >= 11 is 0. The lowest BCUT2D eigenvalue weighted by molar-refractivity contribution is 0.748. The summed E-state index contributed by atoms with van der Waals surface area (Å²) in [5.74, 6) is 1.11. The zero-order valence-corrected chi connectivity index (χ0v) is 10.5. The minimum absolute atomic E-state index is 0.956. The number of fused-ring (bicyclic) bond motifs is 1. The predicted molar refractivity (Wildman–Crippen MR) is 69.0 cm³/mol. The molecule has 0 bridgehead atoms. The molecule has 0 fully saturated rings. The van der Waals surface area contributed by atoms with Gasteiger partial charge in [0.2, 0.25) is 0 Å². The van der Waals surface area contributed by atoms with E-state index in [9.17, 15) is 0 Å². The van der Waals surface area contributed by atoms with Crippen molar-refractivity contribution in [3.8, 4) is 0 Å². The van der Waals surface area contributed by atoms with E-state index in [4.69, 9.17) is 10.7 Å². The van der Waals surface area contributed by atoms with Gasteiger partial charge in [0.05, 0.1) is 0 Å². The lowest BCUT2D eigenvalue weighted by Gasteiger charge is -2.21. The van der Waals surface area contributed by atoms with Crippen LogP contribution >= 0.6 is 0 Å². The summed E-state index contributed by atoms with van der Waals surface area (Å²) in [5, 5.41) is 0. The third kappa shape index (κ3) is 1.75. The third-order valence-corrected chi connectivity index (χ3v) is 3.54. The average molecular weight is 219 g/mol. The number of nitrogens with two attached hydrogens (primary N) is 1. The molecule has 0 radical (unpaired) electrons. The number of rotatable bonds is 1. The summed E-state index contributed by atoms with van der Waals surface area (Å²) in [6.07, 6.45) is 4.47. The average Bonchev–Trinajstić information content (AvgIpc) is 2.46. The molecule has 88 valence electrons. The first kappa shape index (κ1) is 11.2. The third-order valence-electron chi connectivity index (χ3n) is 3.54. The predicted octanol–water partition coefficient (Wildman–Crippen LogP) is 2.31. The number of hydrogen-bond donors (Lipinski definition) is 1. The number of aryl methyl sites for hydroxylation is 1. The van der Waals surface area contributed by atoms with Gasteiger partial charge < -0.3 is 10.6 Å². The Hall–Kier alpha value is -1.25. The van der Waals surface area contributed by atoms with Crippen molar-refractivity contribution < 1.29 is 0 Å². The molecule has 0 unspecified atom stereocenters. The summed E-state index contributed by atoms with van der Waals surface area (Å²) in [5.41, 5.74) is 10.8. The molecule has 2 heterocycles. The molecule has 2 rings (SSSR count). The number of anilines is 2. The molecule has 0 aromatic carbocycles. The number of nitrogens with zero attached hydrogens (tertiary/aromatic N) is 2. The maximum absolute atomic E-state index is 6.24. The van der Waals surface area contributed by atoms with E-state index in [0.29, 0.717) is 0 Å². The summed E-state index contributed by atoms with van der Waals surface area (Å²) < 4.78 is 0. The van der Waals surface area contributed by atoms with Crippen molar-refractivity contribution in [2.45, 2.75) is 39.5 Å². The SMILES string of the molecule is CCc1nc2c(c(N)c1C)CCCCN2C. The van der Waals surface area contributed by atoms with Crippen LogP contribution in [-0.2, 0) is 12.8 Å². The summed E-state index contributed by atoms with van der Waals surface area (Å²) in [6.45, 7) is 5.32. The van der Waals surface area contributed by atoms with E-state index in [2.05, 4.69) is 25.8 Å². The molecule has 0 spiro atoms. The summed E-state index contributed by atoms with van der Waals surface area (Å²) in [4.78, 5) is 7.03. The van der Waals surface area contributed by atoms with Gasteiger partial charge in [-0.2, -0.15) is 0 Å². The van der Waals surface area contributed by atoms with E-state index in [-0.39, 0.29) is 0 Å². The van der Waals surface area contributed by atoms with Crippen LogP contribution in [0.4, 0.5) is 11.5 Å². The van der Waals surface area contributed by atoms with Crippen molar-refractivity contribution in [2.24, 2.45) is 0 Å². The van der Waals surface area contributed by atoms with Gasteiger partial charge in [0, 0.05) is 30.5 Å². The van der Waals surface area contributed by atoms with Crippen LogP contribution < -0.4 is 10.6 Å². The normalized spacial score (nSPS) is 15.8. The Morgan fingerprint density at radius 2 is 2.12 bits per heavy atom. The van der Waals surface area contributed by atoms with Gasteiger partial charge >= 0.3 is 0 Å². The Bertz CT molecular complexity index is 399. The first-order valence-corrected chi connectivity index (χ1v) is 6.14. The van der Waals surface area contributed by atoms with Crippen molar-refractivity contribution in [3.63, 3.8) is 0 Å². The van der Waals surface area contributed by atoms with Crippen LogP contribution in [0, 0.1) is 6.92 Å². The fourth-order valence-corrected chi connectivity index (χ4v) is 2.44. The minimum atomic E-state index is 0.956. The maximum atomic E-state index is 6.24. The van der Waals surface area contributed by atoms with E-state index in [1.807, 2.05) is 0 Å². The molecule has 0 atom stereocenters. The van der Waals surface area contributed by atoms with Gasteiger partial charge in [-0.25, -0.2) is 4.98 Å². The summed E-state index contributed by atoms with van der Waals surface area (Å²) in [7, 11) is 2.12. The quantitative estimate of drug-likeness (QED) is 0.788. The fraction of sp³-hybridized carbons (Fsp3) is 0.615. The van der Waals surface area contributed by atoms with Gasteiger partial charge in [0.25, 0.3) is 0 Å². The van der Waals surface area contributed by atoms with Crippen LogP contribution in [0.5, 0.6) is 0 Å². The van der Waals surface area contributed by atoms with E-state index < -0.39 is 0 Å². The molecule has 1 aromatic rings. The molecule has 0 saturated heterocycles. The molecule has 0 amide bonds. The standard InChI is InChI=1S/C13H21N3/c1-4-11-9(2)12(14)10-7-5-6-8-16(3)13(10)15-11/h4-8H2,1-3H3,(H2,14,15). The van der Waals surface area contributed by atoms with E-state index >= 15 is 0 Å². The van der Waals surface area contributed by atoms with Crippen molar-refractivity contribution in [1.29, 1.82) is 0 Å². The zero-order valence-electron chi connectivity index (χ0n) is 10.5. The minimum Gasteiger partial charge on any atom is -0.398 e. The van der Waals surface area contributed by atoms with E-state index in [1.54, 1.807) is 0 Å². The van der Waals surface area contributed by atoms with Crippen molar-refractivity contribution in [3.05, 3.63) is 16.8 Å². The molecule has 1 aliphatic heterocycles. The second-order valence-corrected chi connectivity index (χ2v) is 4.63. The topological polar surface area (TPSA) is 42.1 Å². The first-order valence-electron chi connectivity index (χ1n) is 6.14. The van der Waals surface area contributed by atoms with Crippen LogP contribution in [0.2, 0.25) is 0 Å². The number of nitrogen functional groups attached to an aromatic ring is 1. The molecule has 1 aromatic heterocycles. The van der Waals surface area contributed by atoms with Gasteiger partial charge in [0.1, 0.15) is 5.82 Å². The second-order valence-electron chi connectivity index (χ2n) is 4.63. The fourth-order valence-electron chi connectivity index (χ4n) is 2.44.